The third kappa shape index (κ3) is 2.36. The molecule has 0 aromatic heterocycles. The molecule has 2 heterocycles. The lowest BCUT2D eigenvalue weighted by Crippen LogP contribution is -2.43. The fourth-order valence-corrected chi connectivity index (χ4v) is 2.30. The highest BCUT2D eigenvalue weighted by Crippen LogP contribution is 2.22. The zero-order valence-electron chi connectivity index (χ0n) is 9.72. The van der Waals surface area contributed by atoms with Gasteiger partial charge in [-0.15, -0.1) is 0 Å². The minimum atomic E-state index is -0.292. The monoisotopic (exact) mass is 228 g/mol. The fraction of sp³-hybridized carbons (Fsp3) is 0.909. The summed E-state index contributed by atoms with van der Waals surface area (Å²) in [5, 5.41) is 0. The molecule has 2 aliphatic heterocycles. The predicted octanol–water partition coefficient (Wildman–Crippen LogP) is -0.260. The lowest BCUT2D eigenvalue weighted by atomic mass is 10.1. The number of hydrogen-bond acceptors (Lipinski definition) is 4. The minimum Gasteiger partial charge on any atom is -0.379 e. The molecule has 5 heteroatoms. The lowest BCUT2D eigenvalue weighted by Gasteiger charge is -2.26. The summed E-state index contributed by atoms with van der Waals surface area (Å²) in [5.41, 5.74) is 5.52. The standard InChI is InChI=1S/C11H20N2O3/c1-13(8-4-5-15-7-8)11(14)10-3-2-9(6-12)16-10/h8-10H,2-7,12H2,1H3. The highest BCUT2D eigenvalue weighted by molar-refractivity contribution is 5.81. The molecule has 1 amide bonds. The Labute approximate surface area is 95.9 Å². The van der Waals surface area contributed by atoms with Crippen LogP contribution in [0.3, 0.4) is 0 Å². The van der Waals surface area contributed by atoms with E-state index in [1.54, 1.807) is 4.90 Å². The van der Waals surface area contributed by atoms with Gasteiger partial charge in [-0.25, -0.2) is 0 Å². The zero-order chi connectivity index (χ0) is 11.5. The summed E-state index contributed by atoms with van der Waals surface area (Å²) in [4.78, 5) is 13.9. The molecule has 3 unspecified atom stereocenters. The van der Waals surface area contributed by atoms with Crippen LogP contribution in [0.5, 0.6) is 0 Å². The Morgan fingerprint density at radius 3 is 2.81 bits per heavy atom. The summed E-state index contributed by atoms with van der Waals surface area (Å²) >= 11 is 0. The van der Waals surface area contributed by atoms with Gasteiger partial charge in [0.25, 0.3) is 5.91 Å². The first-order valence-electron chi connectivity index (χ1n) is 5.92. The molecule has 0 saturated carbocycles. The number of nitrogens with zero attached hydrogens (tertiary/aromatic N) is 1. The van der Waals surface area contributed by atoms with Crippen LogP contribution >= 0.6 is 0 Å². The molecular weight excluding hydrogens is 208 g/mol. The summed E-state index contributed by atoms with van der Waals surface area (Å²) in [6.07, 6.45) is 2.37. The molecule has 0 spiro atoms. The second-order valence-electron chi connectivity index (χ2n) is 4.53. The van der Waals surface area contributed by atoms with Gasteiger partial charge in [-0.2, -0.15) is 0 Å². The number of rotatable bonds is 3. The summed E-state index contributed by atoms with van der Waals surface area (Å²) in [6.45, 7) is 1.90. The number of amides is 1. The van der Waals surface area contributed by atoms with Gasteiger partial charge >= 0.3 is 0 Å². The maximum absolute atomic E-state index is 12.1. The molecule has 5 nitrogen and oxygen atoms in total. The van der Waals surface area contributed by atoms with Crippen LogP contribution in [0.4, 0.5) is 0 Å². The number of carbonyl (C=O) groups excluding carboxylic acids is 1. The van der Waals surface area contributed by atoms with Crippen molar-refractivity contribution in [2.45, 2.75) is 37.5 Å². The summed E-state index contributed by atoms with van der Waals surface area (Å²) in [7, 11) is 1.83. The Balaban J connectivity index is 1.87. The molecule has 3 atom stereocenters. The van der Waals surface area contributed by atoms with Crippen LogP contribution in [0, 0.1) is 0 Å². The first kappa shape index (κ1) is 11.8. The van der Waals surface area contributed by atoms with Gasteiger partial charge in [-0.1, -0.05) is 0 Å². The molecule has 2 saturated heterocycles. The Morgan fingerprint density at radius 2 is 2.25 bits per heavy atom. The number of carbonyl (C=O) groups is 1. The largest absolute Gasteiger partial charge is 0.379 e. The van der Waals surface area contributed by atoms with Crippen molar-refractivity contribution < 1.29 is 14.3 Å². The predicted molar refractivity (Wildman–Crippen MR) is 58.9 cm³/mol. The Morgan fingerprint density at radius 1 is 1.44 bits per heavy atom. The molecule has 0 bridgehead atoms. The topological polar surface area (TPSA) is 64.8 Å². The quantitative estimate of drug-likeness (QED) is 0.723. The number of hydrogen-bond donors (Lipinski definition) is 1. The third-order valence-corrected chi connectivity index (χ3v) is 3.45. The molecule has 2 N–H and O–H groups in total. The van der Waals surface area contributed by atoms with Crippen LogP contribution in [-0.4, -0.2) is 55.9 Å². The van der Waals surface area contributed by atoms with Crippen LogP contribution < -0.4 is 5.73 Å². The van der Waals surface area contributed by atoms with Crippen LogP contribution in [0.25, 0.3) is 0 Å². The maximum atomic E-state index is 12.1. The Kier molecular flexibility index (Phi) is 3.78. The van der Waals surface area contributed by atoms with Gasteiger partial charge < -0.3 is 20.1 Å². The van der Waals surface area contributed by atoms with Gasteiger partial charge in [0.15, 0.2) is 0 Å². The van der Waals surface area contributed by atoms with E-state index < -0.39 is 0 Å². The second kappa shape index (κ2) is 5.12. The first-order chi connectivity index (χ1) is 7.72. The van der Waals surface area contributed by atoms with Crippen LogP contribution in [0.15, 0.2) is 0 Å². The van der Waals surface area contributed by atoms with Gasteiger partial charge in [0, 0.05) is 20.2 Å². The zero-order valence-corrected chi connectivity index (χ0v) is 9.72. The second-order valence-corrected chi connectivity index (χ2v) is 4.53. The summed E-state index contributed by atoms with van der Waals surface area (Å²) in [5.74, 6) is 0.0754. The van der Waals surface area contributed by atoms with Crippen molar-refractivity contribution in [3.63, 3.8) is 0 Å². The van der Waals surface area contributed by atoms with E-state index in [-0.39, 0.29) is 24.2 Å². The van der Waals surface area contributed by atoms with Crippen molar-refractivity contribution in [1.29, 1.82) is 0 Å². The smallest absolute Gasteiger partial charge is 0.251 e. The van der Waals surface area contributed by atoms with Gasteiger partial charge in [0.2, 0.25) is 0 Å². The van der Waals surface area contributed by atoms with Crippen molar-refractivity contribution in [3.8, 4) is 0 Å². The molecule has 2 aliphatic rings. The van der Waals surface area contributed by atoms with Crippen molar-refractivity contribution in [3.05, 3.63) is 0 Å². The van der Waals surface area contributed by atoms with E-state index in [0.717, 1.165) is 25.9 Å². The Bertz CT molecular complexity index is 254. The molecule has 92 valence electrons. The van der Waals surface area contributed by atoms with Crippen LogP contribution in [0.1, 0.15) is 19.3 Å². The van der Waals surface area contributed by atoms with Crippen LogP contribution in [-0.2, 0) is 14.3 Å². The van der Waals surface area contributed by atoms with E-state index in [4.69, 9.17) is 15.2 Å². The number of ether oxygens (including phenoxy) is 2. The van der Waals surface area contributed by atoms with Gasteiger partial charge in [-0.3, -0.25) is 4.79 Å². The molecule has 0 aliphatic carbocycles. The highest BCUT2D eigenvalue weighted by atomic mass is 16.5. The lowest BCUT2D eigenvalue weighted by molar-refractivity contribution is -0.143. The van der Waals surface area contributed by atoms with Crippen molar-refractivity contribution in [2.24, 2.45) is 5.73 Å². The first-order valence-corrected chi connectivity index (χ1v) is 5.92. The summed E-state index contributed by atoms with van der Waals surface area (Å²) < 4.78 is 10.9. The van der Waals surface area contributed by atoms with Crippen molar-refractivity contribution in [2.75, 3.05) is 26.8 Å². The SMILES string of the molecule is CN(C(=O)C1CCC(CN)O1)C1CCOC1. The van der Waals surface area contributed by atoms with Gasteiger partial charge in [-0.05, 0) is 19.3 Å². The molecule has 0 radical (unpaired) electrons. The van der Waals surface area contributed by atoms with Crippen molar-refractivity contribution in [1.82, 2.24) is 4.90 Å². The molecule has 0 aromatic carbocycles. The van der Waals surface area contributed by atoms with E-state index in [0.29, 0.717) is 13.2 Å². The molecule has 2 rings (SSSR count). The van der Waals surface area contributed by atoms with E-state index in [9.17, 15) is 4.79 Å². The molecule has 2 fully saturated rings. The highest BCUT2D eigenvalue weighted by Gasteiger charge is 2.34. The Hall–Kier alpha value is -0.650. The van der Waals surface area contributed by atoms with E-state index in [2.05, 4.69) is 0 Å². The average molecular weight is 228 g/mol. The average Bonchev–Trinajstić information content (AvgIpc) is 2.97. The van der Waals surface area contributed by atoms with Crippen LogP contribution in [0.2, 0.25) is 0 Å². The number of nitrogens with two attached hydrogens (primary N) is 1. The molecule has 16 heavy (non-hydrogen) atoms. The third-order valence-electron chi connectivity index (χ3n) is 3.45. The fourth-order valence-electron chi connectivity index (χ4n) is 2.30. The van der Waals surface area contributed by atoms with E-state index in [1.165, 1.54) is 0 Å². The normalized spacial score (nSPS) is 34.2. The molecular formula is C11H20N2O3. The summed E-state index contributed by atoms with van der Waals surface area (Å²) in [6, 6.07) is 0.216. The van der Waals surface area contributed by atoms with Gasteiger partial charge in [0.1, 0.15) is 6.10 Å². The van der Waals surface area contributed by atoms with Crippen molar-refractivity contribution >= 4 is 5.91 Å². The molecule has 0 aromatic rings. The minimum absolute atomic E-state index is 0.0576. The number of likely N-dealkylation sites (N-methyl/N-ethyl adjacent to an activating group) is 1. The van der Waals surface area contributed by atoms with Gasteiger partial charge in [0.05, 0.1) is 18.8 Å². The maximum Gasteiger partial charge on any atom is 0.251 e. The van der Waals surface area contributed by atoms with E-state index in [1.807, 2.05) is 7.05 Å². The van der Waals surface area contributed by atoms with E-state index >= 15 is 0 Å².